The molecule has 2 heterocycles. The lowest BCUT2D eigenvalue weighted by Crippen LogP contribution is -2.23. The van der Waals surface area contributed by atoms with E-state index in [1.807, 2.05) is 48.8 Å². The summed E-state index contributed by atoms with van der Waals surface area (Å²) < 4.78 is 19.7. The minimum atomic E-state index is -0.432. The van der Waals surface area contributed by atoms with Crippen LogP contribution in [0.4, 0.5) is 14.9 Å². The summed E-state index contributed by atoms with van der Waals surface area (Å²) in [5.41, 5.74) is 4.25. The van der Waals surface area contributed by atoms with Crippen LogP contribution in [0.3, 0.4) is 0 Å². The van der Waals surface area contributed by atoms with Crippen molar-refractivity contribution in [1.82, 2.24) is 9.88 Å². The minimum Gasteiger partial charge on any atom is -0.447 e. The Hall–Kier alpha value is -3.25. The van der Waals surface area contributed by atoms with Gasteiger partial charge in [-0.05, 0) is 53.6 Å². The zero-order valence-electron chi connectivity index (χ0n) is 16.9. The minimum absolute atomic E-state index is 0.333. The first kappa shape index (κ1) is 20.0. The molecule has 6 heteroatoms. The molecule has 5 nitrogen and oxygen atoms in total. The highest BCUT2D eigenvalue weighted by molar-refractivity contribution is 5.89. The number of cyclic esters (lactones) is 1. The van der Waals surface area contributed by atoms with E-state index in [1.165, 1.54) is 22.1 Å². The highest BCUT2D eigenvalue weighted by Crippen LogP contribution is 2.28. The molecule has 1 amide bonds. The number of rotatable bonds is 7. The number of halogens is 1. The standard InChI is InChI=1S/C24H24FN3O2/c1-2-27(17-19-9-11-26-12-10-19)16-18-3-5-20(6-4-18)22-8-7-21(15-23(22)25)28-13-14-30-24(28)29/h3-12,15H,2,13-14,16-17H2,1H3. The van der Waals surface area contributed by atoms with Gasteiger partial charge in [0.25, 0.3) is 0 Å². The summed E-state index contributed by atoms with van der Waals surface area (Å²) in [5, 5.41) is 0. The summed E-state index contributed by atoms with van der Waals surface area (Å²) >= 11 is 0. The first-order chi connectivity index (χ1) is 14.6. The van der Waals surface area contributed by atoms with Gasteiger partial charge >= 0.3 is 6.09 Å². The fourth-order valence-electron chi connectivity index (χ4n) is 3.61. The first-order valence-electron chi connectivity index (χ1n) is 10.1. The smallest absolute Gasteiger partial charge is 0.414 e. The first-order valence-corrected chi connectivity index (χ1v) is 10.1. The normalized spacial score (nSPS) is 13.7. The number of benzene rings is 2. The van der Waals surface area contributed by atoms with Crippen molar-refractivity contribution in [3.8, 4) is 11.1 Å². The molecule has 0 bridgehead atoms. The molecule has 0 N–H and O–H groups in total. The lowest BCUT2D eigenvalue weighted by Gasteiger charge is -2.20. The zero-order valence-corrected chi connectivity index (χ0v) is 16.9. The number of pyridine rings is 1. The Morgan fingerprint density at radius 3 is 2.33 bits per heavy atom. The predicted molar refractivity (Wildman–Crippen MR) is 115 cm³/mol. The van der Waals surface area contributed by atoms with Gasteiger partial charge in [0, 0.05) is 31.0 Å². The lowest BCUT2D eigenvalue weighted by molar-refractivity contribution is 0.181. The van der Waals surface area contributed by atoms with Gasteiger partial charge in [0.1, 0.15) is 12.4 Å². The third-order valence-electron chi connectivity index (χ3n) is 5.30. The number of carbonyl (C=O) groups excluding carboxylic acids is 1. The van der Waals surface area contributed by atoms with Crippen LogP contribution < -0.4 is 4.90 Å². The molecule has 1 saturated heterocycles. The molecule has 3 aromatic rings. The maximum Gasteiger partial charge on any atom is 0.414 e. The summed E-state index contributed by atoms with van der Waals surface area (Å²) in [6.07, 6.45) is 3.19. The number of carbonyl (C=O) groups is 1. The summed E-state index contributed by atoms with van der Waals surface area (Å²) in [6.45, 7) is 5.52. The van der Waals surface area contributed by atoms with E-state index in [1.54, 1.807) is 12.1 Å². The number of ether oxygens (including phenoxy) is 1. The molecule has 0 atom stereocenters. The second-order valence-corrected chi connectivity index (χ2v) is 7.29. The molecule has 0 spiro atoms. The maximum atomic E-state index is 14.7. The Bertz CT molecular complexity index is 1010. The zero-order chi connectivity index (χ0) is 20.9. The Morgan fingerprint density at radius 1 is 1.03 bits per heavy atom. The van der Waals surface area contributed by atoms with E-state index in [0.717, 1.165) is 25.2 Å². The maximum absolute atomic E-state index is 14.7. The molecule has 2 aromatic carbocycles. The van der Waals surface area contributed by atoms with Crippen LogP contribution >= 0.6 is 0 Å². The van der Waals surface area contributed by atoms with Gasteiger partial charge in [-0.3, -0.25) is 14.8 Å². The van der Waals surface area contributed by atoms with Crippen LogP contribution in [0.15, 0.2) is 67.0 Å². The molecular formula is C24H24FN3O2. The van der Waals surface area contributed by atoms with E-state index < -0.39 is 6.09 Å². The monoisotopic (exact) mass is 405 g/mol. The van der Waals surface area contributed by atoms with Crippen molar-refractivity contribution in [3.05, 3.63) is 83.9 Å². The summed E-state index contributed by atoms with van der Waals surface area (Å²) in [4.78, 5) is 19.5. The largest absolute Gasteiger partial charge is 0.447 e. The summed E-state index contributed by atoms with van der Waals surface area (Å²) in [5.74, 6) is -0.354. The number of amides is 1. The fraction of sp³-hybridized carbons (Fsp3) is 0.250. The fourth-order valence-corrected chi connectivity index (χ4v) is 3.61. The van der Waals surface area contributed by atoms with Gasteiger partial charge in [-0.2, -0.15) is 0 Å². The van der Waals surface area contributed by atoms with Crippen molar-refractivity contribution in [2.24, 2.45) is 0 Å². The Labute approximate surface area is 175 Å². The molecule has 1 aromatic heterocycles. The molecule has 0 unspecified atom stereocenters. The van der Waals surface area contributed by atoms with E-state index >= 15 is 0 Å². The van der Waals surface area contributed by atoms with Crippen molar-refractivity contribution in [3.63, 3.8) is 0 Å². The number of hydrogen-bond donors (Lipinski definition) is 0. The van der Waals surface area contributed by atoms with Gasteiger partial charge in [-0.25, -0.2) is 9.18 Å². The van der Waals surface area contributed by atoms with Crippen molar-refractivity contribution >= 4 is 11.8 Å². The molecule has 0 radical (unpaired) electrons. The van der Waals surface area contributed by atoms with Crippen LogP contribution in [0, 0.1) is 5.82 Å². The Morgan fingerprint density at radius 2 is 1.73 bits per heavy atom. The van der Waals surface area contributed by atoms with Crippen LogP contribution in [0.25, 0.3) is 11.1 Å². The van der Waals surface area contributed by atoms with E-state index in [9.17, 15) is 9.18 Å². The second-order valence-electron chi connectivity index (χ2n) is 7.29. The van der Waals surface area contributed by atoms with Crippen molar-refractivity contribution in [2.75, 3.05) is 24.6 Å². The summed E-state index contributed by atoms with van der Waals surface area (Å²) in [7, 11) is 0. The van der Waals surface area contributed by atoms with Gasteiger partial charge in [-0.1, -0.05) is 31.2 Å². The van der Waals surface area contributed by atoms with E-state index in [-0.39, 0.29) is 5.82 Å². The second kappa shape index (κ2) is 9.05. The van der Waals surface area contributed by atoms with Crippen molar-refractivity contribution in [1.29, 1.82) is 0 Å². The topological polar surface area (TPSA) is 45.7 Å². The Kier molecular flexibility index (Phi) is 6.05. The van der Waals surface area contributed by atoms with Crippen LogP contribution in [0.1, 0.15) is 18.1 Å². The van der Waals surface area contributed by atoms with Gasteiger partial charge in [0.05, 0.1) is 12.2 Å². The van der Waals surface area contributed by atoms with Crippen molar-refractivity contribution < 1.29 is 13.9 Å². The highest BCUT2D eigenvalue weighted by atomic mass is 19.1. The SMILES string of the molecule is CCN(Cc1ccncc1)Cc1ccc(-c2ccc(N3CCOC3=O)cc2F)cc1. The van der Waals surface area contributed by atoms with Gasteiger partial charge in [-0.15, -0.1) is 0 Å². The molecule has 154 valence electrons. The van der Waals surface area contributed by atoms with E-state index in [2.05, 4.69) is 16.8 Å². The molecule has 4 rings (SSSR count). The number of aromatic nitrogens is 1. The molecule has 1 aliphatic heterocycles. The average molecular weight is 405 g/mol. The molecule has 0 saturated carbocycles. The van der Waals surface area contributed by atoms with Crippen LogP contribution in [-0.2, 0) is 17.8 Å². The van der Waals surface area contributed by atoms with Gasteiger partial charge in [0.15, 0.2) is 0 Å². The summed E-state index contributed by atoms with van der Waals surface area (Å²) in [6, 6.07) is 16.9. The number of nitrogens with zero attached hydrogens (tertiary/aromatic N) is 3. The van der Waals surface area contributed by atoms with Crippen molar-refractivity contribution in [2.45, 2.75) is 20.0 Å². The van der Waals surface area contributed by atoms with Crippen LogP contribution in [0.2, 0.25) is 0 Å². The lowest BCUT2D eigenvalue weighted by atomic mass is 10.0. The van der Waals surface area contributed by atoms with E-state index in [0.29, 0.717) is 24.4 Å². The highest BCUT2D eigenvalue weighted by Gasteiger charge is 2.24. The third kappa shape index (κ3) is 4.49. The van der Waals surface area contributed by atoms with Crippen LogP contribution in [-0.4, -0.2) is 35.7 Å². The Balaban J connectivity index is 1.46. The van der Waals surface area contributed by atoms with Gasteiger partial charge < -0.3 is 4.74 Å². The predicted octanol–water partition coefficient (Wildman–Crippen LogP) is 4.87. The van der Waals surface area contributed by atoms with Gasteiger partial charge in [0.2, 0.25) is 0 Å². The molecular weight excluding hydrogens is 381 g/mol. The van der Waals surface area contributed by atoms with E-state index in [4.69, 9.17) is 4.74 Å². The molecule has 1 fully saturated rings. The molecule has 0 aliphatic carbocycles. The quantitative estimate of drug-likeness (QED) is 0.563. The van der Waals surface area contributed by atoms with Crippen LogP contribution in [0.5, 0.6) is 0 Å². The number of anilines is 1. The average Bonchev–Trinajstić information content (AvgIpc) is 3.20. The third-order valence-corrected chi connectivity index (χ3v) is 5.30. The molecule has 1 aliphatic rings. The molecule has 30 heavy (non-hydrogen) atoms. The number of hydrogen-bond acceptors (Lipinski definition) is 4.